The maximum absolute atomic E-state index is 13.3. The summed E-state index contributed by atoms with van der Waals surface area (Å²) >= 11 is 0. The number of para-hydroxylation sites is 1. The van der Waals surface area contributed by atoms with Crippen molar-refractivity contribution in [2.75, 3.05) is 12.0 Å². The maximum atomic E-state index is 13.3. The number of rotatable bonds is 4. The molecule has 1 N–H and O–H groups in total. The van der Waals surface area contributed by atoms with Crippen molar-refractivity contribution in [3.8, 4) is 5.75 Å². The summed E-state index contributed by atoms with van der Waals surface area (Å²) in [7, 11) is 1.55. The Morgan fingerprint density at radius 1 is 1.10 bits per heavy atom. The van der Waals surface area contributed by atoms with Gasteiger partial charge in [0.05, 0.1) is 18.7 Å². The molecular weight excluding hydrogens is 366 g/mol. The topological polar surface area (TPSA) is 66.8 Å². The molecule has 1 amide bonds. The van der Waals surface area contributed by atoms with E-state index in [9.17, 15) is 14.7 Å². The predicted octanol–water partition coefficient (Wildman–Crippen LogP) is 4.83. The number of ketones is 1. The van der Waals surface area contributed by atoms with E-state index < -0.39 is 23.1 Å². The van der Waals surface area contributed by atoms with Gasteiger partial charge in [-0.25, -0.2) is 0 Å². The second-order valence-corrected chi connectivity index (χ2v) is 8.45. The van der Waals surface area contributed by atoms with Crippen LogP contribution in [0.15, 0.2) is 53.8 Å². The van der Waals surface area contributed by atoms with Crippen molar-refractivity contribution >= 4 is 17.4 Å². The minimum atomic E-state index is -0.771. The number of ether oxygens (including phenoxy) is 1. The molecule has 0 aromatic heterocycles. The summed E-state index contributed by atoms with van der Waals surface area (Å²) in [5, 5.41) is 10.8. The molecule has 0 fully saturated rings. The predicted molar refractivity (Wildman–Crippen MR) is 113 cm³/mol. The van der Waals surface area contributed by atoms with Gasteiger partial charge in [-0.3, -0.25) is 14.5 Å². The van der Waals surface area contributed by atoms with E-state index in [-0.39, 0.29) is 11.4 Å². The van der Waals surface area contributed by atoms with E-state index in [0.29, 0.717) is 17.0 Å². The van der Waals surface area contributed by atoms with E-state index in [1.54, 1.807) is 33.9 Å². The zero-order valence-electron chi connectivity index (χ0n) is 17.7. The molecule has 0 saturated carbocycles. The maximum Gasteiger partial charge on any atom is 0.294 e. The third kappa shape index (κ3) is 3.53. The highest BCUT2D eigenvalue weighted by atomic mass is 16.5. The number of carbonyl (C=O) groups excluding carboxylic acids is 2. The Labute approximate surface area is 171 Å². The molecule has 0 bridgehead atoms. The van der Waals surface area contributed by atoms with Crippen LogP contribution in [0, 0.1) is 19.3 Å². The van der Waals surface area contributed by atoms with Crippen molar-refractivity contribution in [1.82, 2.24) is 0 Å². The summed E-state index contributed by atoms with van der Waals surface area (Å²) in [5.74, 6) is -0.804. The summed E-state index contributed by atoms with van der Waals surface area (Å²) in [6, 6.07) is 12.2. The quantitative estimate of drug-likeness (QED) is 0.808. The molecule has 1 unspecified atom stereocenters. The summed E-state index contributed by atoms with van der Waals surface area (Å²) < 4.78 is 5.52. The van der Waals surface area contributed by atoms with Crippen LogP contribution >= 0.6 is 0 Å². The van der Waals surface area contributed by atoms with E-state index in [2.05, 4.69) is 0 Å². The average Bonchev–Trinajstić information content (AvgIpc) is 2.91. The first-order valence-corrected chi connectivity index (χ1v) is 9.59. The molecule has 1 heterocycles. The van der Waals surface area contributed by atoms with Crippen molar-refractivity contribution < 1.29 is 19.4 Å². The molecule has 1 aliphatic rings. The van der Waals surface area contributed by atoms with Gasteiger partial charge in [0.2, 0.25) is 0 Å². The van der Waals surface area contributed by atoms with Gasteiger partial charge < -0.3 is 9.84 Å². The number of aliphatic hydroxyl groups excluding tert-OH is 1. The Balaban J connectivity index is 2.29. The molecular formula is C24H27NO4. The van der Waals surface area contributed by atoms with Crippen molar-refractivity contribution in [3.05, 3.63) is 70.5 Å². The van der Waals surface area contributed by atoms with Gasteiger partial charge in [0.1, 0.15) is 5.75 Å². The number of nitrogens with zero attached hydrogens (tertiary/aromatic N) is 1. The summed E-state index contributed by atoms with van der Waals surface area (Å²) in [6.07, 6.45) is 0. The summed E-state index contributed by atoms with van der Waals surface area (Å²) in [6.45, 7) is 9.22. The molecule has 2 aromatic carbocycles. The minimum absolute atomic E-state index is 0.104. The Morgan fingerprint density at radius 2 is 1.76 bits per heavy atom. The third-order valence-electron chi connectivity index (χ3n) is 5.18. The fraction of sp³-hybridized carbons (Fsp3) is 0.333. The third-order valence-corrected chi connectivity index (χ3v) is 5.18. The van der Waals surface area contributed by atoms with Gasteiger partial charge in [0.25, 0.3) is 5.91 Å². The normalized spacial score (nSPS) is 17.1. The van der Waals surface area contributed by atoms with Gasteiger partial charge in [-0.05, 0) is 31.5 Å². The largest absolute Gasteiger partial charge is 0.503 e. The molecule has 5 nitrogen and oxygen atoms in total. The number of hydrogen-bond acceptors (Lipinski definition) is 4. The number of benzene rings is 2. The lowest BCUT2D eigenvalue weighted by atomic mass is 9.82. The zero-order valence-corrected chi connectivity index (χ0v) is 17.7. The molecule has 0 saturated heterocycles. The van der Waals surface area contributed by atoms with Gasteiger partial charge >= 0.3 is 0 Å². The van der Waals surface area contributed by atoms with Gasteiger partial charge in [-0.1, -0.05) is 56.7 Å². The van der Waals surface area contributed by atoms with Crippen LogP contribution in [-0.4, -0.2) is 23.9 Å². The van der Waals surface area contributed by atoms with Crippen LogP contribution in [0.25, 0.3) is 0 Å². The first kappa shape index (κ1) is 20.6. The van der Waals surface area contributed by atoms with Gasteiger partial charge in [-0.2, -0.15) is 0 Å². The first-order chi connectivity index (χ1) is 13.6. The lowest BCUT2D eigenvalue weighted by Gasteiger charge is -2.30. The Hall–Kier alpha value is -3.08. The van der Waals surface area contributed by atoms with Crippen LogP contribution in [0.1, 0.15) is 43.5 Å². The van der Waals surface area contributed by atoms with E-state index in [1.807, 2.05) is 50.2 Å². The fourth-order valence-corrected chi connectivity index (χ4v) is 3.75. The van der Waals surface area contributed by atoms with Crippen LogP contribution < -0.4 is 9.64 Å². The standard InChI is InChI=1S/C24H27NO4/c1-14-11-12-17(15(2)13-14)25-20(16-9-7-8-10-18(16)29-6)19(21(26)23(25)28)22(27)24(3,4)5/h7-13,20,26H,1-6H3. The van der Waals surface area contributed by atoms with Crippen molar-refractivity contribution in [1.29, 1.82) is 0 Å². The number of Topliss-reactive ketones (excluding diaryl/α,β-unsaturated/α-hetero) is 1. The molecule has 152 valence electrons. The lowest BCUT2D eigenvalue weighted by Crippen LogP contribution is -2.33. The van der Waals surface area contributed by atoms with Gasteiger partial charge in [-0.15, -0.1) is 0 Å². The molecule has 0 aliphatic carbocycles. The molecule has 1 atom stereocenters. The van der Waals surface area contributed by atoms with E-state index >= 15 is 0 Å². The number of hydrogen-bond donors (Lipinski definition) is 1. The van der Waals surface area contributed by atoms with Crippen molar-refractivity contribution in [2.24, 2.45) is 5.41 Å². The van der Waals surface area contributed by atoms with Crippen LogP contribution in [0.4, 0.5) is 5.69 Å². The Bertz CT molecular complexity index is 1010. The SMILES string of the molecule is COc1ccccc1C1C(C(=O)C(C)(C)C)=C(O)C(=O)N1c1ccc(C)cc1C. The fourth-order valence-electron chi connectivity index (χ4n) is 3.75. The highest BCUT2D eigenvalue weighted by Gasteiger charge is 2.47. The summed E-state index contributed by atoms with van der Waals surface area (Å²) in [4.78, 5) is 28.0. The highest BCUT2D eigenvalue weighted by Crippen LogP contribution is 2.46. The minimum Gasteiger partial charge on any atom is -0.503 e. The van der Waals surface area contributed by atoms with E-state index in [1.165, 1.54) is 4.90 Å². The van der Waals surface area contributed by atoms with E-state index in [0.717, 1.165) is 11.1 Å². The van der Waals surface area contributed by atoms with Gasteiger partial charge in [0, 0.05) is 16.7 Å². The van der Waals surface area contributed by atoms with E-state index in [4.69, 9.17) is 4.74 Å². The molecule has 2 aromatic rings. The second-order valence-electron chi connectivity index (χ2n) is 8.45. The first-order valence-electron chi connectivity index (χ1n) is 9.59. The number of amides is 1. The van der Waals surface area contributed by atoms with Crippen LogP contribution in [0.3, 0.4) is 0 Å². The van der Waals surface area contributed by atoms with Crippen molar-refractivity contribution in [3.63, 3.8) is 0 Å². The molecule has 5 heteroatoms. The van der Waals surface area contributed by atoms with Crippen LogP contribution in [-0.2, 0) is 9.59 Å². The van der Waals surface area contributed by atoms with Crippen LogP contribution in [0.5, 0.6) is 5.75 Å². The molecule has 1 aliphatic heterocycles. The second kappa shape index (κ2) is 7.39. The number of carbonyl (C=O) groups is 2. The number of aryl methyl sites for hydroxylation is 2. The Morgan fingerprint density at radius 3 is 2.34 bits per heavy atom. The average molecular weight is 393 g/mol. The molecule has 3 rings (SSSR count). The smallest absolute Gasteiger partial charge is 0.294 e. The number of anilines is 1. The number of methoxy groups -OCH3 is 1. The molecule has 29 heavy (non-hydrogen) atoms. The molecule has 0 spiro atoms. The summed E-state index contributed by atoms with van der Waals surface area (Å²) in [5.41, 5.74) is 2.60. The zero-order chi connectivity index (χ0) is 21.5. The number of aliphatic hydroxyl groups is 1. The van der Waals surface area contributed by atoms with Crippen LogP contribution in [0.2, 0.25) is 0 Å². The highest BCUT2D eigenvalue weighted by molar-refractivity contribution is 6.17. The monoisotopic (exact) mass is 393 g/mol. The lowest BCUT2D eigenvalue weighted by molar-refractivity contribution is -0.123. The Kier molecular flexibility index (Phi) is 5.26. The molecule has 0 radical (unpaired) electrons. The van der Waals surface area contributed by atoms with Gasteiger partial charge in [0.15, 0.2) is 11.5 Å². The van der Waals surface area contributed by atoms with Crippen molar-refractivity contribution in [2.45, 2.75) is 40.7 Å².